The smallest absolute Gasteiger partial charge is 0.274 e. The van der Waals surface area contributed by atoms with Crippen LogP contribution >= 0.6 is 0 Å². The molecule has 0 bridgehead atoms. The van der Waals surface area contributed by atoms with Gasteiger partial charge in [-0.25, -0.2) is 0 Å². The third-order valence-electron chi connectivity index (χ3n) is 6.46. The Hall–Kier alpha value is -4.47. The number of aryl methyl sites for hydroxylation is 3. The topological polar surface area (TPSA) is 142 Å². The lowest BCUT2D eigenvalue weighted by molar-refractivity contribution is -0.130. The highest BCUT2D eigenvalue weighted by Crippen LogP contribution is 2.17. The van der Waals surface area contributed by atoms with Crippen LogP contribution in [0.15, 0.2) is 65.2 Å². The summed E-state index contributed by atoms with van der Waals surface area (Å²) in [5.41, 5.74) is 2.80. The molecule has 10 nitrogen and oxygen atoms in total. The molecule has 42 heavy (non-hydrogen) atoms. The molecule has 4 N–H and O–H groups in total. The van der Waals surface area contributed by atoms with E-state index in [1.807, 2.05) is 82.3 Å². The van der Waals surface area contributed by atoms with Crippen LogP contribution in [0.25, 0.3) is 0 Å². The Labute approximate surface area is 247 Å². The molecule has 0 aliphatic rings. The summed E-state index contributed by atoms with van der Waals surface area (Å²) in [6.07, 6.45) is 1.11. The van der Waals surface area contributed by atoms with Crippen molar-refractivity contribution < 1.29 is 23.7 Å². The van der Waals surface area contributed by atoms with Crippen molar-refractivity contribution in [3.05, 3.63) is 88.8 Å². The molecule has 3 rings (SSSR count). The first-order valence-electron chi connectivity index (χ1n) is 14.1. The molecule has 0 unspecified atom stereocenters. The highest BCUT2D eigenvalue weighted by atomic mass is 16.5. The summed E-state index contributed by atoms with van der Waals surface area (Å²) in [4.78, 5) is 52.3. The third-order valence-corrected chi connectivity index (χ3v) is 6.46. The summed E-state index contributed by atoms with van der Waals surface area (Å²) in [7, 11) is 0. The number of carbonyl (C=O) groups excluding carboxylic acids is 4. The highest BCUT2D eigenvalue weighted by molar-refractivity contribution is 5.97. The van der Waals surface area contributed by atoms with E-state index in [9.17, 15) is 19.2 Å². The van der Waals surface area contributed by atoms with Crippen molar-refractivity contribution >= 4 is 23.6 Å². The third kappa shape index (κ3) is 10.8. The van der Waals surface area contributed by atoms with Gasteiger partial charge in [0.05, 0.1) is 0 Å². The quantitative estimate of drug-likeness (QED) is 0.246. The van der Waals surface area contributed by atoms with E-state index in [2.05, 4.69) is 26.4 Å². The van der Waals surface area contributed by atoms with Crippen LogP contribution in [0.4, 0.5) is 0 Å². The number of amides is 4. The van der Waals surface area contributed by atoms with Crippen molar-refractivity contribution in [3.8, 4) is 0 Å². The number of hydrogen-bond donors (Lipinski definition) is 4. The Morgan fingerprint density at radius 3 is 2.14 bits per heavy atom. The van der Waals surface area contributed by atoms with E-state index in [1.165, 1.54) is 6.07 Å². The maximum atomic E-state index is 13.5. The summed E-state index contributed by atoms with van der Waals surface area (Å²) < 4.78 is 4.99. The lowest BCUT2D eigenvalue weighted by Gasteiger charge is -2.24. The summed E-state index contributed by atoms with van der Waals surface area (Å²) >= 11 is 0. The molecular weight excluding hydrogens is 534 g/mol. The van der Waals surface area contributed by atoms with E-state index >= 15 is 0 Å². The van der Waals surface area contributed by atoms with E-state index in [0.29, 0.717) is 25.1 Å². The Balaban J connectivity index is 1.75. The summed E-state index contributed by atoms with van der Waals surface area (Å²) in [5, 5.41) is 14.8. The van der Waals surface area contributed by atoms with Crippen LogP contribution < -0.4 is 21.3 Å². The Morgan fingerprint density at radius 2 is 1.52 bits per heavy atom. The Morgan fingerprint density at radius 1 is 0.833 bits per heavy atom. The SMILES string of the molecule is Cc1ccc(CNC(=O)[C@H](CCc2ccccc2)NC(=O)[C@H](CNC(=O)CC(C)(C)C)NC(=O)c2cc(C)on2)cc1. The van der Waals surface area contributed by atoms with Gasteiger partial charge >= 0.3 is 0 Å². The highest BCUT2D eigenvalue weighted by Gasteiger charge is 2.28. The number of nitrogens with zero attached hydrogens (tertiary/aromatic N) is 1. The second-order valence-electron chi connectivity index (χ2n) is 11.7. The van der Waals surface area contributed by atoms with Gasteiger partial charge in [-0.3, -0.25) is 19.2 Å². The number of rotatable bonds is 13. The molecule has 4 amide bonds. The van der Waals surface area contributed by atoms with E-state index in [-0.39, 0.29) is 35.9 Å². The molecule has 1 heterocycles. The zero-order valence-corrected chi connectivity index (χ0v) is 25.0. The Kier molecular flexibility index (Phi) is 11.4. The van der Waals surface area contributed by atoms with Crippen molar-refractivity contribution in [1.82, 2.24) is 26.4 Å². The van der Waals surface area contributed by atoms with E-state index in [0.717, 1.165) is 16.7 Å². The van der Waals surface area contributed by atoms with Crippen LogP contribution in [-0.4, -0.2) is 47.4 Å². The molecule has 0 radical (unpaired) electrons. The number of benzene rings is 2. The van der Waals surface area contributed by atoms with Gasteiger partial charge in [-0.15, -0.1) is 0 Å². The molecule has 10 heteroatoms. The number of aromatic nitrogens is 1. The molecule has 0 saturated carbocycles. The van der Waals surface area contributed by atoms with Gasteiger partial charge in [-0.2, -0.15) is 0 Å². The van der Waals surface area contributed by atoms with Crippen molar-refractivity contribution in [2.24, 2.45) is 5.41 Å². The maximum Gasteiger partial charge on any atom is 0.274 e. The average Bonchev–Trinajstić information content (AvgIpc) is 3.38. The lowest BCUT2D eigenvalue weighted by Crippen LogP contribution is -2.57. The van der Waals surface area contributed by atoms with Crippen molar-refractivity contribution in [1.29, 1.82) is 0 Å². The first kappa shape index (κ1) is 32.0. The van der Waals surface area contributed by atoms with E-state index < -0.39 is 23.9 Å². The molecule has 0 spiro atoms. The normalized spacial score (nSPS) is 12.6. The van der Waals surface area contributed by atoms with Gasteiger partial charge in [0.25, 0.3) is 5.91 Å². The van der Waals surface area contributed by atoms with Gasteiger partial charge in [0, 0.05) is 25.6 Å². The lowest BCUT2D eigenvalue weighted by atomic mass is 9.92. The molecule has 3 aromatic rings. The standard InChI is InChI=1S/C32H41N5O5/c1-21-11-13-24(14-12-21)19-34-29(39)25(16-15-23-9-7-6-8-10-23)35-31(41)27(20-33-28(38)18-32(3,4)5)36-30(40)26-17-22(2)42-37-26/h6-14,17,25,27H,15-16,18-20H2,1-5H3,(H,33,38)(H,34,39)(H,35,41)(H,36,40)/t25-,27-/m0/s1. The van der Waals surface area contributed by atoms with Crippen molar-refractivity contribution in [2.45, 2.75) is 72.5 Å². The number of carbonyl (C=O) groups is 4. The predicted molar refractivity (Wildman–Crippen MR) is 159 cm³/mol. The minimum Gasteiger partial charge on any atom is -0.361 e. The first-order chi connectivity index (χ1) is 19.9. The zero-order valence-electron chi connectivity index (χ0n) is 25.0. The van der Waals surface area contributed by atoms with Crippen LogP contribution in [-0.2, 0) is 27.3 Å². The van der Waals surface area contributed by atoms with Gasteiger partial charge in [-0.1, -0.05) is 86.1 Å². The van der Waals surface area contributed by atoms with Crippen molar-refractivity contribution in [3.63, 3.8) is 0 Å². The molecule has 0 aliphatic heterocycles. The monoisotopic (exact) mass is 575 g/mol. The molecule has 2 atom stereocenters. The van der Waals surface area contributed by atoms with E-state index in [1.54, 1.807) is 6.92 Å². The summed E-state index contributed by atoms with van der Waals surface area (Å²) in [6, 6.07) is 16.8. The van der Waals surface area contributed by atoms with E-state index in [4.69, 9.17) is 4.52 Å². The fraction of sp³-hybridized carbons (Fsp3) is 0.406. The number of nitrogens with one attached hydrogen (secondary N) is 4. The van der Waals surface area contributed by atoms with Crippen LogP contribution in [0.5, 0.6) is 0 Å². The minimum absolute atomic E-state index is 0.00258. The minimum atomic E-state index is -1.16. The maximum absolute atomic E-state index is 13.5. The molecule has 1 aromatic heterocycles. The van der Waals surface area contributed by atoms with Gasteiger partial charge in [0.2, 0.25) is 17.7 Å². The second-order valence-corrected chi connectivity index (χ2v) is 11.7. The first-order valence-corrected chi connectivity index (χ1v) is 14.1. The predicted octanol–water partition coefficient (Wildman–Crippen LogP) is 3.38. The van der Waals surface area contributed by atoms with Crippen LogP contribution in [0.2, 0.25) is 0 Å². The van der Waals surface area contributed by atoms with Gasteiger partial charge in [-0.05, 0) is 43.2 Å². The summed E-state index contributed by atoms with van der Waals surface area (Å²) in [5.74, 6) is -1.42. The van der Waals surface area contributed by atoms with Gasteiger partial charge in [0.15, 0.2) is 5.69 Å². The molecule has 224 valence electrons. The zero-order chi connectivity index (χ0) is 30.7. The Bertz CT molecular complexity index is 1350. The fourth-order valence-electron chi connectivity index (χ4n) is 4.19. The molecule has 0 aliphatic carbocycles. The molecule has 0 fully saturated rings. The molecule has 2 aromatic carbocycles. The molecular formula is C32H41N5O5. The van der Waals surface area contributed by atoms with Gasteiger partial charge < -0.3 is 25.8 Å². The van der Waals surface area contributed by atoms with Crippen LogP contribution in [0, 0.1) is 19.3 Å². The fourth-order valence-corrected chi connectivity index (χ4v) is 4.19. The number of hydrogen-bond acceptors (Lipinski definition) is 6. The summed E-state index contributed by atoms with van der Waals surface area (Å²) in [6.45, 7) is 9.55. The van der Waals surface area contributed by atoms with Crippen molar-refractivity contribution in [2.75, 3.05) is 6.54 Å². The van der Waals surface area contributed by atoms with Gasteiger partial charge in [0.1, 0.15) is 17.8 Å². The largest absolute Gasteiger partial charge is 0.361 e. The van der Waals surface area contributed by atoms with Crippen LogP contribution in [0.3, 0.4) is 0 Å². The average molecular weight is 576 g/mol. The van der Waals surface area contributed by atoms with Crippen LogP contribution in [0.1, 0.15) is 66.6 Å². The second kappa shape index (κ2) is 15.0. The molecule has 0 saturated heterocycles.